The average molecular weight is 947 g/mol. The first-order chi connectivity index (χ1) is 32.3. The van der Waals surface area contributed by atoms with E-state index in [-0.39, 0.29) is 44.8 Å². The third-order valence-corrected chi connectivity index (χ3v) is 11.8. The molecule has 0 radical (unpaired) electrons. The molecule has 0 spiro atoms. The first-order valence-corrected chi connectivity index (χ1v) is 26.1. The molecule has 14 nitrogen and oxygen atoms in total. The van der Waals surface area contributed by atoms with Crippen LogP contribution in [0, 0.1) is 0 Å². The fourth-order valence-corrected chi connectivity index (χ4v) is 8.04. The summed E-state index contributed by atoms with van der Waals surface area (Å²) in [6, 6.07) is 6.75. The van der Waals surface area contributed by atoms with Gasteiger partial charge in [0.2, 0.25) is 5.91 Å². The van der Waals surface area contributed by atoms with Crippen molar-refractivity contribution in [2.24, 2.45) is 0 Å². The van der Waals surface area contributed by atoms with E-state index in [1.807, 2.05) is 30.3 Å². The van der Waals surface area contributed by atoms with Crippen molar-refractivity contribution >= 4 is 29.9 Å². The molecule has 0 aromatic heterocycles. The predicted octanol–water partition coefficient (Wildman–Crippen LogP) is 10.9. The van der Waals surface area contributed by atoms with Crippen molar-refractivity contribution in [1.82, 2.24) is 10.6 Å². The van der Waals surface area contributed by atoms with E-state index in [9.17, 15) is 29.1 Å². The maximum Gasteiger partial charge on any atom is 0.408 e. The number of amides is 2. The topological polar surface area (TPSA) is 185 Å². The zero-order valence-electron chi connectivity index (χ0n) is 42.3. The number of benzene rings is 1. The number of carbonyl (C=O) groups excluding carboxylic acids is 5. The Morgan fingerprint density at radius 2 is 1.19 bits per heavy atom. The average Bonchev–Trinajstić information content (AvgIpc) is 3.29. The van der Waals surface area contributed by atoms with Gasteiger partial charge in [-0.1, -0.05) is 173 Å². The summed E-state index contributed by atoms with van der Waals surface area (Å²) in [6.45, 7) is 10.9. The van der Waals surface area contributed by atoms with Gasteiger partial charge in [0, 0.05) is 25.9 Å². The second-order valence-corrected chi connectivity index (χ2v) is 19.1. The molecule has 1 aliphatic rings. The van der Waals surface area contributed by atoms with Crippen LogP contribution in [0.3, 0.4) is 0 Å². The van der Waals surface area contributed by atoms with Gasteiger partial charge in [-0.15, -0.1) is 0 Å². The number of hydrogen-bond donors (Lipinski definition) is 3. The first kappa shape index (κ1) is 59.4. The largest absolute Gasteiger partial charge is 0.461 e. The molecule has 0 saturated carbocycles. The molecule has 1 saturated heterocycles. The van der Waals surface area contributed by atoms with Crippen molar-refractivity contribution in [1.29, 1.82) is 0 Å². The van der Waals surface area contributed by atoms with Crippen LogP contribution in [-0.2, 0) is 54.2 Å². The van der Waals surface area contributed by atoms with Gasteiger partial charge in [-0.05, 0) is 52.5 Å². The molecule has 1 aliphatic heterocycles. The number of carbonyl (C=O) groups is 5. The molecule has 1 heterocycles. The van der Waals surface area contributed by atoms with Crippen molar-refractivity contribution < 1.29 is 57.5 Å². The molecule has 14 heteroatoms. The standard InChI is InChI=1S/C53H90N2O12/c1-7-10-12-14-16-18-20-22-24-26-31-35-44(56)55-47-49(66-46(58)36-32-27-25-23-21-19-17-15-13-11-8-2)48(59)43(65-51(47)62-9-3)40-64-50(60)42(54-52(61)67-53(4,5)6)37-38-45(57)63-39-41-33-29-28-30-34-41/h28-30,33-34,42-43,47-49,51,59H,7-27,31-32,35-40H2,1-6H3,(H,54,61)(H,55,56)/t42-,43-,47-,48-,49-,51+/m1/s1. The molecule has 2 rings (SSSR count). The summed E-state index contributed by atoms with van der Waals surface area (Å²) in [5.41, 5.74) is -0.0839. The lowest BCUT2D eigenvalue weighted by Crippen LogP contribution is -2.66. The Balaban J connectivity index is 2.10. The van der Waals surface area contributed by atoms with Crippen LogP contribution in [0.4, 0.5) is 4.79 Å². The summed E-state index contributed by atoms with van der Waals surface area (Å²) >= 11 is 0. The Morgan fingerprint density at radius 1 is 0.672 bits per heavy atom. The summed E-state index contributed by atoms with van der Waals surface area (Å²) < 4.78 is 34.5. The highest BCUT2D eigenvalue weighted by Gasteiger charge is 2.49. The minimum atomic E-state index is -1.54. The maximum absolute atomic E-state index is 13.6. The first-order valence-electron chi connectivity index (χ1n) is 26.1. The van der Waals surface area contributed by atoms with E-state index < -0.39 is 72.9 Å². The Hall–Kier alpha value is -3.75. The maximum atomic E-state index is 13.6. The molecule has 6 atom stereocenters. The van der Waals surface area contributed by atoms with Gasteiger partial charge in [0.1, 0.15) is 43.1 Å². The number of aliphatic hydroxyl groups is 1. The van der Waals surface area contributed by atoms with Crippen molar-refractivity contribution in [3.63, 3.8) is 0 Å². The van der Waals surface area contributed by atoms with Crippen LogP contribution in [0.15, 0.2) is 30.3 Å². The van der Waals surface area contributed by atoms with Crippen LogP contribution in [0.1, 0.15) is 214 Å². The van der Waals surface area contributed by atoms with Gasteiger partial charge >= 0.3 is 24.0 Å². The summed E-state index contributed by atoms with van der Waals surface area (Å²) in [7, 11) is 0. The molecule has 3 N–H and O–H groups in total. The van der Waals surface area contributed by atoms with Gasteiger partial charge in [-0.2, -0.15) is 0 Å². The number of rotatable bonds is 37. The van der Waals surface area contributed by atoms with Crippen molar-refractivity contribution in [3.05, 3.63) is 35.9 Å². The molecule has 1 aromatic carbocycles. The smallest absolute Gasteiger partial charge is 0.408 e. The second-order valence-electron chi connectivity index (χ2n) is 19.1. The minimum absolute atomic E-state index is 0.0397. The van der Waals surface area contributed by atoms with Crippen LogP contribution in [0.5, 0.6) is 0 Å². The highest BCUT2D eigenvalue weighted by Crippen LogP contribution is 2.27. The molecule has 1 fully saturated rings. The van der Waals surface area contributed by atoms with E-state index in [4.69, 9.17) is 28.4 Å². The summed E-state index contributed by atoms with van der Waals surface area (Å²) in [4.78, 5) is 66.0. The van der Waals surface area contributed by atoms with Crippen LogP contribution < -0.4 is 10.6 Å². The van der Waals surface area contributed by atoms with Crippen molar-refractivity contribution in [3.8, 4) is 0 Å². The zero-order chi connectivity index (χ0) is 49.1. The van der Waals surface area contributed by atoms with Crippen LogP contribution in [0.2, 0.25) is 0 Å². The van der Waals surface area contributed by atoms with E-state index >= 15 is 0 Å². The molecule has 0 bridgehead atoms. The lowest BCUT2D eigenvalue weighted by atomic mass is 9.96. The molecule has 67 heavy (non-hydrogen) atoms. The van der Waals surface area contributed by atoms with Gasteiger partial charge in [0.05, 0.1) is 0 Å². The highest BCUT2D eigenvalue weighted by atomic mass is 16.7. The normalized spacial score (nSPS) is 18.7. The van der Waals surface area contributed by atoms with Gasteiger partial charge in [-0.3, -0.25) is 14.4 Å². The van der Waals surface area contributed by atoms with E-state index in [1.165, 1.54) is 89.9 Å². The summed E-state index contributed by atoms with van der Waals surface area (Å²) in [5.74, 6) is -2.32. The highest BCUT2D eigenvalue weighted by molar-refractivity contribution is 5.82. The van der Waals surface area contributed by atoms with Gasteiger partial charge in [0.25, 0.3) is 0 Å². The molecule has 0 unspecified atom stereocenters. The lowest BCUT2D eigenvalue weighted by Gasteiger charge is -2.44. The quantitative estimate of drug-likeness (QED) is 0.0326. The fraction of sp³-hybridized carbons (Fsp3) is 0.792. The molecular weight excluding hydrogens is 857 g/mol. The van der Waals surface area contributed by atoms with E-state index in [0.717, 1.165) is 44.1 Å². The number of alkyl carbamates (subject to hydrolysis) is 1. The Morgan fingerprint density at radius 3 is 1.72 bits per heavy atom. The third kappa shape index (κ3) is 28.4. The van der Waals surface area contributed by atoms with Crippen LogP contribution in [-0.4, -0.2) is 90.5 Å². The van der Waals surface area contributed by atoms with Crippen molar-refractivity contribution in [2.75, 3.05) is 13.2 Å². The fourth-order valence-electron chi connectivity index (χ4n) is 8.04. The molecular formula is C53H90N2O12. The number of ether oxygens (including phenoxy) is 6. The SMILES string of the molecule is CCCCCCCCCCCCCC(=O)N[C@H]1[C@@H](OCC)O[C@H](COC(=O)[C@@H](CCC(=O)OCc2ccccc2)NC(=O)OC(C)(C)C)[C@@H](O)[C@@H]1OC(=O)CCCCCCCCCCCCC. The molecule has 384 valence electrons. The Bertz CT molecular complexity index is 1490. The Kier molecular flexibility index (Phi) is 32.1. The molecule has 1 aromatic rings. The van der Waals surface area contributed by atoms with E-state index in [2.05, 4.69) is 24.5 Å². The van der Waals surface area contributed by atoms with Gasteiger partial charge in [-0.25, -0.2) is 9.59 Å². The van der Waals surface area contributed by atoms with Gasteiger partial charge < -0.3 is 44.2 Å². The zero-order valence-corrected chi connectivity index (χ0v) is 42.3. The summed E-state index contributed by atoms with van der Waals surface area (Å²) in [6.07, 6.45) is 18.8. The van der Waals surface area contributed by atoms with Crippen LogP contribution in [0.25, 0.3) is 0 Å². The summed E-state index contributed by atoms with van der Waals surface area (Å²) in [5, 5.41) is 17.2. The van der Waals surface area contributed by atoms with E-state index in [1.54, 1.807) is 27.7 Å². The molecule has 0 aliphatic carbocycles. The van der Waals surface area contributed by atoms with Crippen molar-refractivity contribution in [2.45, 2.75) is 257 Å². The second kappa shape index (κ2) is 36.3. The van der Waals surface area contributed by atoms with Crippen LogP contribution >= 0.6 is 0 Å². The monoisotopic (exact) mass is 947 g/mol. The number of hydrogen-bond acceptors (Lipinski definition) is 12. The number of aliphatic hydroxyl groups excluding tert-OH is 1. The number of esters is 3. The lowest BCUT2D eigenvalue weighted by molar-refractivity contribution is -0.274. The van der Waals surface area contributed by atoms with E-state index in [0.29, 0.717) is 12.8 Å². The number of nitrogens with one attached hydrogen (secondary N) is 2. The minimum Gasteiger partial charge on any atom is -0.461 e. The Labute approximate surface area is 403 Å². The number of unbranched alkanes of at least 4 members (excludes halogenated alkanes) is 20. The van der Waals surface area contributed by atoms with Gasteiger partial charge in [0.15, 0.2) is 12.4 Å². The molecule has 2 amide bonds. The predicted molar refractivity (Wildman–Crippen MR) is 260 cm³/mol. The third-order valence-electron chi connectivity index (χ3n) is 11.8.